The number of hydrogen-bond acceptors (Lipinski definition) is 2. The van der Waals surface area contributed by atoms with Gasteiger partial charge in [0.1, 0.15) is 0 Å². The van der Waals surface area contributed by atoms with Crippen LogP contribution in [0.15, 0.2) is 54.6 Å². The minimum absolute atomic E-state index is 0.0410. The maximum Gasteiger partial charge on any atom is 0.0985 e. The predicted octanol–water partition coefficient (Wildman–Crippen LogP) is 2.86. The third-order valence-corrected chi connectivity index (χ3v) is 1.51. The van der Waals surface area contributed by atoms with Crippen molar-refractivity contribution in [1.82, 2.24) is 0 Å². The van der Waals surface area contributed by atoms with E-state index in [4.69, 9.17) is 10.4 Å². The van der Waals surface area contributed by atoms with Crippen molar-refractivity contribution in [2.45, 2.75) is 6.92 Å². The molecule has 0 saturated carbocycles. The van der Waals surface area contributed by atoms with Crippen LogP contribution in [0.2, 0.25) is 0 Å². The standard InChI is InChI=1S/C7H8.C6H7NO.C2H2/c1-7-5-3-2-4-6-7;1-6(5-7)3-2-4-8;1-2/h2-6H,1H3;2-3,8H,1,4H2;1-2H/b;3-2-;. The Morgan fingerprint density at radius 3 is 2.24 bits per heavy atom. The average Bonchev–Trinajstić information content (AvgIpc) is 2.40. The van der Waals surface area contributed by atoms with E-state index in [0.29, 0.717) is 5.57 Å². The van der Waals surface area contributed by atoms with Gasteiger partial charge in [-0.25, -0.2) is 0 Å². The molecule has 0 fully saturated rings. The molecule has 0 heterocycles. The Balaban J connectivity index is 0. The zero-order chi connectivity index (χ0) is 13.5. The third kappa shape index (κ3) is 13.7. The van der Waals surface area contributed by atoms with Crippen molar-refractivity contribution >= 4 is 0 Å². The van der Waals surface area contributed by atoms with Gasteiger partial charge in [0.2, 0.25) is 0 Å². The van der Waals surface area contributed by atoms with E-state index in [1.807, 2.05) is 24.3 Å². The molecule has 1 rings (SSSR count). The summed E-state index contributed by atoms with van der Waals surface area (Å²) >= 11 is 0. The van der Waals surface area contributed by atoms with Gasteiger partial charge in [-0.1, -0.05) is 48.6 Å². The molecule has 0 radical (unpaired) electrons. The first kappa shape index (κ1) is 17.1. The molecule has 0 amide bonds. The molecule has 0 aliphatic rings. The van der Waals surface area contributed by atoms with Gasteiger partial charge in [-0.3, -0.25) is 0 Å². The highest BCUT2D eigenvalue weighted by atomic mass is 16.2. The van der Waals surface area contributed by atoms with Crippen molar-refractivity contribution < 1.29 is 5.11 Å². The summed E-state index contributed by atoms with van der Waals surface area (Å²) in [6.07, 6.45) is 10.9. The fraction of sp³-hybridized carbons (Fsp3) is 0.133. The van der Waals surface area contributed by atoms with E-state index in [9.17, 15) is 0 Å². The lowest BCUT2D eigenvalue weighted by Gasteiger charge is -1.82. The third-order valence-electron chi connectivity index (χ3n) is 1.51. The SMILES string of the molecule is C#C.C=C(C#N)/C=C\CO.Cc1ccccc1. The van der Waals surface area contributed by atoms with Gasteiger partial charge in [0.25, 0.3) is 0 Å². The summed E-state index contributed by atoms with van der Waals surface area (Å²) in [4.78, 5) is 0. The molecule has 1 aromatic carbocycles. The molecule has 0 aliphatic heterocycles. The molecular weight excluding hydrogens is 210 g/mol. The van der Waals surface area contributed by atoms with E-state index in [0.717, 1.165) is 0 Å². The normalized spacial score (nSPS) is 7.94. The summed E-state index contributed by atoms with van der Waals surface area (Å²) < 4.78 is 0. The van der Waals surface area contributed by atoms with Crippen molar-refractivity contribution in [2.24, 2.45) is 0 Å². The molecule has 2 heteroatoms. The van der Waals surface area contributed by atoms with Gasteiger partial charge in [-0.05, 0) is 13.0 Å². The Hall–Kier alpha value is -2.29. The van der Waals surface area contributed by atoms with Gasteiger partial charge in [0.05, 0.1) is 12.7 Å². The molecule has 0 unspecified atom stereocenters. The number of nitriles is 1. The van der Waals surface area contributed by atoms with Gasteiger partial charge < -0.3 is 5.11 Å². The summed E-state index contributed by atoms with van der Waals surface area (Å²) in [6, 6.07) is 12.1. The van der Waals surface area contributed by atoms with Crippen molar-refractivity contribution in [2.75, 3.05) is 6.61 Å². The molecule has 0 aliphatic carbocycles. The van der Waals surface area contributed by atoms with Crippen LogP contribution in [-0.2, 0) is 0 Å². The van der Waals surface area contributed by atoms with Crippen LogP contribution in [0.1, 0.15) is 5.56 Å². The lowest BCUT2D eigenvalue weighted by molar-refractivity contribution is 0.342. The highest BCUT2D eigenvalue weighted by Gasteiger charge is 1.76. The van der Waals surface area contributed by atoms with Crippen molar-refractivity contribution in [3.63, 3.8) is 0 Å². The molecule has 17 heavy (non-hydrogen) atoms. The number of aliphatic hydroxyl groups excluding tert-OH is 1. The lowest BCUT2D eigenvalue weighted by atomic mass is 10.2. The Morgan fingerprint density at radius 2 is 1.94 bits per heavy atom. The summed E-state index contributed by atoms with van der Waals surface area (Å²) in [5.74, 6) is 0. The molecule has 0 aromatic heterocycles. The Morgan fingerprint density at radius 1 is 1.41 bits per heavy atom. The van der Waals surface area contributed by atoms with Crippen LogP contribution in [0.4, 0.5) is 0 Å². The first-order valence-electron chi connectivity index (χ1n) is 4.92. The van der Waals surface area contributed by atoms with Crippen molar-refractivity contribution in [3.05, 3.63) is 60.2 Å². The van der Waals surface area contributed by atoms with E-state index < -0.39 is 0 Å². The monoisotopic (exact) mass is 227 g/mol. The minimum Gasteiger partial charge on any atom is -0.392 e. The van der Waals surface area contributed by atoms with E-state index in [-0.39, 0.29) is 6.61 Å². The maximum atomic E-state index is 8.17. The first-order chi connectivity index (χ1) is 8.20. The van der Waals surface area contributed by atoms with Gasteiger partial charge >= 0.3 is 0 Å². The van der Waals surface area contributed by atoms with Crippen molar-refractivity contribution in [1.29, 1.82) is 5.26 Å². The number of aliphatic hydroxyl groups is 1. The summed E-state index contributed by atoms with van der Waals surface area (Å²) in [5, 5.41) is 16.3. The minimum atomic E-state index is -0.0410. The topological polar surface area (TPSA) is 44.0 Å². The summed E-state index contributed by atoms with van der Waals surface area (Å²) in [5.41, 5.74) is 1.68. The molecule has 2 nitrogen and oxygen atoms in total. The Kier molecular flexibility index (Phi) is 13.8. The number of terminal acetylenes is 1. The maximum absolute atomic E-state index is 8.17. The van der Waals surface area contributed by atoms with Crippen LogP contribution in [0.3, 0.4) is 0 Å². The zero-order valence-corrected chi connectivity index (χ0v) is 10.0. The van der Waals surface area contributed by atoms with E-state index >= 15 is 0 Å². The number of aryl methyl sites for hydroxylation is 1. The lowest BCUT2D eigenvalue weighted by Crippen LogP contribution is -1.71. The molecule has 1 aromatic rings. The quantitative estimate of drug-likeness (QED) is 0.479. The van der Waals surface area contributed by atoms with Gasteiger partial charge in [-0.2, -0.15) is 5.26 Å². The van der Waals surface area contributed by atoms with E-state index in [1.54, 1.807) is 0 Å². The van der Waals surface area contributed by atoms with Crippen LogP contribution < -0.4 is 0 Å². The van der Waals surface area contributed by atoms with Crippen LogP contribution >= 0.6 is 0 Å². The number of benzene rings is 1. The van der Waals surface area contributed by atoms with E-state index in [2.05, 4.69) is 38.5 Å². The van der Waals surface area contributed by atoms with Crippen LogP contribution in [0.5, 0.6) is 0 Å². The fourth-order valence-electron chi connectivity index (χ4n) is 0.767. The molecule has 0 bridgehead atoms. The molecule has 0 saturated heterocycles. The largest absolute Gasteiger partial charge is 0.392 e. The molecular formula is C15H17NO. The van der Waals surface area contributed by atoms with Gasteiger partial charge in [0.15, 0.2) is 0 Å². The zero-order valence-electron chi connectivity index (χ0n) is 10.0. The second kappa shape index (κ2) is 13.7. The highest BCUT2D eigenvalue weighted by molar-refractivity contribution is 5.28. The summed E-state index contributed by atoms with van der Waals surface area (Å²) in [6.45, 7) is 5.39. The summed E-state index contributed by atoms with van der Waals surface area (Å²) in [7, 11) is 0. The number of hydrogen-bond donors (Lipinski definition) is 1. The first-order valence-corrected chi connectivity index (χ1v) is 4.92. The number of allylic oxidation sites excluding steroid dienone is 2. The van der Waals surface area contributed by atoms with Gasteiger partial charge in [-0.15, -0.1) is 12.8 Å². The fourth-order valence-corrected chi connectivity index (χ4v) is 0.767. The molecule has 88 valence electrons. The predicted molar refractivity (Wildman–Crippen MR) is 72.0 cm³/mol. The molecule has 1 N–H and O–H groups in total. The van der Waals surface area contributed by atoms with Crippen molar-refractivity contribution in [3.8, 4) is 18.9 Å². The van der Waals surface area contributed by atoms with Crippen LogP contribution in [-0.4, -0.2) is 11.7 Å². The average molecular weight is 227 g/mol. The van der Waals surface area contributed by atoms with Crippen LogP contribution in [0.25, 0.3) is 0 Å². The highest BCUT2D eigenvalue weighted by Crippen LogP contribution is 1.92. The molecule has 0 atom stereocenters. The van der Waals surface area contributed by atoms with Crippen LogP contribution in [0, 0.1) is 31.1 Å². The van der Waals surface area contributed by atoms with Gasteiger partial charge in [0, 0.05) is 5.57 Å². The Labute approximate surface area is 104 Å². The number of nitrogens with zero attached hydrogens (tertiary/aromatic N) is 1. The second-order valence-corrected chi connectivity index (χ2v) is 2.88. The molecule has 0 spiro atoms. The Bertz CT molecular complexity index is 382. The van der Waals surface area contributed by atoms with E-state index in [1.165, 1.54) is 17.7 Å². The second-order valence-electron chi connectivity index (χ2n) is 2.88. The smallest absolute Gasteiger partial charge is 0.0985 e. The number of rotatable bonds is 2.